The van der Waals surface area contributed by atoms with Crippen LogP contribution in [-0.2, 0) is 4.79 Å². The fraction of sp³-hybridized carbons (Fsp3) is 0.917. The molecule has 1 rings (SSSR count). The molecule has 1 heterocycles. The summed E-state index contributed by atoms with van der Waals surface area (Å²) in [5.41, 5.74) is 5.65. The van der Waals surface area contributed by atoms with Crippen molar-refractivity contribution >= 4 is 5.91 Å². The first kappa shape index (κ1) is 13.5. The molecule has 16 heavy (non-hydrogen) atoms. The first-order chi connectivity index (χ1) is 7.56. The molecule has 1 aliphatic heterocycles. The van der Waals surface area contributed by atoms with Crippen LogP contribution in [0.1, 0.15) is 33.1 Å². The van der Waals surface area contributed by atoms with E-state index < -0.39 is 0 Å². The molecule has 94 valence electrons. The number of rotatable bonds is 4. The van der Waals surface area contributed by atoms with E-state index in [1.165, 1.54) is 19.3 Å². The monoisotopic (exact) mass is 227 g/mol. The lowest BCUT2D eigenvalue weighted by atomic mass is 10.0. The molecule has 0 saturated carbocycles. The van der Waals surface area contributed by atoms with Crippen LogP contribution in [0.4, 0.5) is 0 Å². The molecule has 1 aliphatic rings. The predicted molar refractivity (Wildman–Crippen MR) is 66.2 cm³/mol. The van der Waals surface area contributed by atoms with E-state index in [-0.39, 0.29) is 11.9 Å². The lowest BCUT2D eigenvalue weighted by Crippen LogP contribution is -2.50. The summed E-state index contributed by atoms with van der Waals surface area (Å²) < 4.78 is 0. The second-order valence-electron chi connectivity index (χ2n) is 4.80. The SMILES string of the molecule is CCN(CC1CCCCN1C)C(=O)C(C)N. The lowest BCUT2D eigenvalue weighted by molar-refractivity contribution is -0.132. The molecule has 1 amide bonds. The Morgan fingerprint density at radius 1 is 1.56 bits per heavy atom. The molecule has 1 saturated heterocycles. The lowest BCUT2D eigenvalue weighted by Gasteiger charge is -2.36. The summed E-state index contributed by atoms with van der Waals surface area (Å²) in [6.45, 7) is 6.51. The van der Waals surface area contributed by atoms with Gasteiger partial charge in [0, 0.05) is 19.1 Å². The van der Waals surface area contributed by atoms with Crippen molar-refractivity contribution in [2.24, 2.45) is 5.73 Å². The zero-order valence-corrected chi connectivity index (χ0v) is 10.8. The number of hydrogen-bond donors (Lipinski definition) is 1. The molecule has 0 aromatic rings. The van der Waals surface area contributed by atoms with E-state index >= 15 is 0 Å². The number of carbonyl (C=O) groups is 1. The third-order valence-electron chi connectivity index (χ3n) is 3.44. The van der Waals surface area contributed by atoms with Gasteiger partial charge < -0.3 is 15.5 Å². The van der Waals surface area contributed by atoms with Gasteiger partial charge in [0.25, 0.3) is 0 Å². The molecule has 0 spiro atoms. The fourth-order valence-electron chi connectivity index (χ4n) is 2.29. The van der Waals surface area contributed by atoms with Crippen molar-refractivity contribution in [2.75, 3.05) is 26.7 Å². The van der Waals surface area contributed by atoms with Gasteiger partial charge in [-0.3, -0.25) is 4.79 Å². The Morgan fingerprint density at radius 2 is 2.25 bits per heavy atom. The molecule has 2 unspecified atom stereocenters. The summed E-state index contributed by atoms with van der Waals surface area (Å²) in [5.74, 6) is 0.0708. The van der Waals surface area contributed by atoms with Gasteiger partial charge in [0.15, 0.2) is 0 Å². The van der Waals surface area contributed by atoms with E-state index in [4.69, 9.17) is 5.73 Å². The van der Waals surface area contributed by atoms with Crippen LogP contribution < -0.4 is 5.73 Å². The molecule has 0 bridgehead atoms. The summed E-state index contributed by atoms with van der Waals surface area (Å²) in [4.78, 5) is 16.1. The molecule has 0 radical (unpaired) electrons. The van der Waals surface area contributed by atoms with Crippen LogP contribution in [0.3, 0.4) is 0 Å². The predicted octanol–water partition coefficient (Wildman–Crippen LogP) is 0.666. The van der Waals surface area contributed by atoms with Crippen LogP contribution in [0.5, 0.6) is 0 Å². The van der Waals surface area contributed by atoms with E-state index in [1.54, 1.807) is 6.92 Å². The third-order valence-corrected chi connectivity index (χ3v) is 3.44. The zero-order valence-electron chi connectivity index (χ0n) is 10.8. The van der Waals surface area contributed by atoms with E-state index in [1.807, 2.05) is 11.8 Å². The van der Waals surface area contributed by atoms with Gasteiger partial charge in [-0.1, -0.05) is 6.42 Å². The molecule has 0 aliphatic carbocycles. The second-order valence-corrected chi connectivity index (χ2v) is 4.80. The van der Waals surface area contributed by atoms with Crippen LogP contribution in [0.25, 0.3) is 0 Å². The van der Waals surface area contributed by atoms with Gasteiger partial charge in [0.2, 0.25) is 5.91 Å². The highest BCUT2D eigenvalue weighted by atomic mass is 16.2. The molecule has 4 nitrogen and oxygen atoms in total. The number of carbonyl (C=O) groups excluding carboxylic acids is 1. The molecular formula is C12H25N3O. The Balaban J connectivity index is 2.51. The van der Waals surface area contributed by atoms with Gasteiger partial charge in [-0.25, -0.2) is 0 Å². The van der Waals surface area contributed by atoms with E-state index in [0.29, 0.717) is 6.04 Å². The number of nitrogens with zero attached hydrogens (tertiary/aromatic N) is 2. The maximum Gasteiger partial charge on any atom is 0.239 e. The number of likely N-dealkylation sites (tertiary alicyclic amines) is 1. The molecular weight excluding hydrogens is 202 g/mol. The standard InChI is InChI=1S/C12H25N3O/c1-4-15(12(16)10(2)13)9-11-7-5-6-8-14(11)3/h10-11H,4-9,13H2,1-3H3. The quantitative estimate of drug-likeness (QED) is 0.768. The van der Waals surface area contributed by atoms with Crippen LogP contribution in [0, 0.1) is 0 Å². The van der Waals surface area contributed by atoms with Gasteiger partial charge in [-0.2, -0.15) is 0 Å². The van der Waals surface area contributed by atoms with Crippen molar-refractivity contribution in [2.45, 2.75) is 45.2 Å². The number of nitrogens with two attached hydrogens (primary N) is 1. The molecule has 0 aromatic carbocycles. The first-order valence-corrected chi connectivity index (χ1v) is 6.30. The number of piperidine rings is 1. The van der Waals surface area contributed by atoms with Crippen LogP contribution in [-0.4, -0.2) is 54.5 Å². The Bertz CT molecular complexity index is 230. The minimum Gasteiger partial charge on any atom is -0.340 e. The Kier molecular flexibility index (Phi) is 5.22. The first-order valence-electron chi connectivity index (χ1n) is 6.30. The molecule has 2 atom stereocenters. The summed E-state index contributed by atoms with van der Waals surface area (Å²) >= 11 is 0. The van der Waals surface area contributed by atoms with E-state index in [2.05, 4.69) is 11.9 Å². The van der Waals surface area contributed by atoms with E-state index in [0.717, 1.165) is 19.6 Å². The summed E-state index contributed by atoms with van der Waals surface area (Å²) in [5, 5.41) is 0. The van der Waals surface area contributed by atoms with Crippen LogP contribution >= 0.6 is 0 Å². The maximum atomic E-state index is 11.8. The zero-order chi connectivity index (χ0) is 12.1. The molecule has 1 fully saturated rings. The van der Waals surface area contributed by atoms with Crippen LogP contribution in [0.15, 0.2) is 0 Å². The Labute approximate surface area is 98.8 Å². The second kappa shape index (κ2) is 6.21. The van der Waals surface area contributed by atoms with Gasteiger partial charge in [-0.05, 0) is 40.3 Å². The topological polar surface area (TPSA) is 49.6 Å². The summed E-state index contributed by atoms with van der Waals surface area (Å²) in [7, 11) is 2.15. The summed E-state index contributed by atoms with van der Waals surface area (Å²) in [6, 6.07) is 0.130. The van der Waals surface area contributed by atoms with Gasteiger partial charge in [0.1, 0.15) is 0 Å². The minimum atomic E-state index is -0.381. The smallest absolute Gasteiger partial charge is 0.239 e. The maximum absolute atomic E-state index is 11.8. The largest absolute Gasteiger partial charge is 0.340 e. The van der Waals surface area contributed by atoms with Crippen molar-refractivity contribution in [3.8, 4) is 0 Å². The van der Waals surface area contributed by atoms with Crippen molar-refractivity contribution in [1.82, 2.24) is 9.80 Å². The number of hydrogen-bond acceptors (Lipinski definition) is 3. The normalized spacial score (nSPS) is 24.1. The summed E-state index contributed by atoms with van der Waals surface area (Å²) in [6.07, 6.45) is 3.75. The minimum absolute atomic E-state index is 0.0708. The fourth-order valence-corrected chi connectivity index (χ4v) is 2.29. The van der Waals surface area contributed by atoms with Crippen molar-refractivity contribution in [1.29, 1.82) is 0 Å². The van der Waals surface area contributed by atoms with Crippen LogP contribution in [0.2, 0.25) is 0 Å². The van der Waals surface area contributed by atoms with Gasteiger partial charge in [-0.15, -0.1) is 0 Å². The van der Waals surface area contributed by atoms with Crippen molar-refractivity contribution in [3.63, 3.8) is 0 Å². The molecule has 4 heteroatoms. The number of amides is 1. The molecule has 2 N–H and O–H groups in total. The van der Waals surface area contributed by atoms with Crippen molar-refractivity contribution in [3.05, 3.63) is 0 Å². The molecule has 0 aromatic heterocycles. The highest BCUT2D eigenvalue weighted by Crippen LogP contribution is 2.16. The average molecular weight is 227 g/mol. The Hall–Kier alpha value is -0.610. The third kappa shape index (κ3) is 3.46. The van der Waals surface area contributed by atoms with E-state index in [9.17, 15) is 4.79 Å². The van der Waals surface area contributed by atoms with Gasteiger partial charge >= 0.3 is 0 Å². The highest BCUT2D eigenvalue weighted by molar-refractivity contribution is 5.81. The van der Waals surface area contributed by atoms with Crippen molar-refractivity contribution < 1.29 is 4.79 Å². The Morgan fingerprint density at radius 3 is 2.75 bits per heavy atom. The average Bonchev–Trinajstić information content (AvgIpc) is 2.27. The van der Waals surface area contributed by atoms with Gasteiger partial charge in [0.05, 0.1) is 6.04 Å². The number of likely N-dealkylation sites (N-methyl/N-ethyl adjacent to an activating group) is 2. The highest BCUT2D eigenvalue weighted by Gasteiger charge is 2.24.